The largest absolute Gasteiger partial charge is 0.395 e. The molecule has 0 heterocycles. The van der Waals surface area contributed by atoms with Gasteiger partial charge in [-0.05, 0) is 56.5 Å². The van der Waals surface area contributed by atoms with E-state index in [2.05, 4.69) is 18.0 Å². The molecule has 0 aromatic rings. The van der Waals surface area contributed by atoms with E-state index < -0.39 is 6.10 Å². The van der Waals surface area contributed by atoms with Crippen molar-refractivity contribution in [3.63, 3.8) is 0 Å². The zero-order valence-corrected chi connectivity index (χ0v) is 17.7. The van der Waals surface area contributed by atoms with Crippen molar-refractivity contribution in [2.24, 2.45) is 0 Å². The zero-order chi connectivity index (χ0) is 20.9. The van der Waals surface area contributed by atoms with Crippen LogP contribution in [0.2, 0.25) is 0 Å². The minimum absolute atomic E-state index is 0.0688. The first kappa shape index (κ1) is 24.5. The molecular weight excluding hydrogens is 358 g/mol. The molecule has 28 heavy (non-hydrogen) atoms. The minimum Gasteiger partial charge on any atom is -0.395 e. The topological polar surface area (TPSA) is 90.6 Å². The molecule has 1 aliphatic carbocycles. The van der Waals surface area contributed by atoms with Crippen LogP contribution in [0.1, 0.15) is 33.6 Å². The normalized spacial score (nSPS) is 20.0. The number of aliphatic hydroxyl groups is 4. The van der Waals surface area contributed by atoms with Gasteiger partial charge in [0.1, 0.15) is 6.10 Å². The average Bonchev–Trinajstić information content (AvgIpc) is 2.69. The molecule has 0 spiro atoms. The lowest BCUT2D eigenvalue weighted by molar-refractivity contribution is 0.210. The Balaban J connectivity index is 3.22. The molecule has 1 saturated carbocycles. The van der Waals surface area contributed by atoms with E-state index in [0.717, 1.165) is 30.8 Å². The van der Waals surface area contributed by atoms with Crippen molar-refractivity contribution in [2.45, 2.75) is 39.7 Å². The van der Waals surface area contributed by atoms with Gasteiger partial charge in [-0.3, -0.25) is 0 Å². The van der Waals surface area contributed by atoms with Crippen LogP contribution >= 0.6 is 0 Å². The number of hydrogen-bond donors (Lipinski definition) is 4. The highest BCUT2D eigenvalue weighted by Crippen LogP contribution is 2.33. The van der Waals surface area contributed by atoms with Gasteiger partial charge in [-0.15, -0.1) is 0 Å². The Kier molecular flexibility index (Phi) is 11.9. The lowest BCUT2D eigenvalue weighted by Gasteiger charge is -2.32. The number of aliphatic hydroxyl groups excluding tert-OH is 4. The molecule has 162 valence electrons. The molecule has 0 aliphatic heterocycles. The summed E-state index contributed by atoms with van der Waals surface area (Å²) in [5, 5.41) is 38.8. The van der Waals surface area contributed by atoms with Crippen LogP contribution in [0.4, 0.5) is 0 Å². The minimum atomic E-state index is -0.675. The number of allylic oxidation sites excluding steroid dienone is 1. The van der Waals surface area contributed by atoms with Gasteiger partial charge in [0.2, 0.25) is 0 Å². The van der Waals surface area contributed by atoms with E-state index >= 15 is 0 Å². The van der Waals surface area contributed by atoms with Gasteiger partial charge in [0.25, 0.3) is 0 Å². The molecule has 1 aliphatic rings. The molecule has 1 fully saturated rings. The second kappa shape index (κ2) is 13.6. The molecule has 0 bridgehead atoms. The SMILES string of the molecule is CCN(C=C1CC(=CN(CC)CCO)C(O)C(=CN(CC)CCO)C1)CCO. The molecule has 4 N–H and O–H groups in total. The fourth-order valence-electron chi connectivity index (χ4n) is 3.40. The van der Waals surface area contributed by atoms with E-state index in [0.29, 0.717) is 32.5 Å². The fourth-order valence-corrected chi connectivity index (χ4v) is 3.40. The lowest BCUT2D eigenvalue weighted by atomic mass is 9.84. The van der Waals surface area contributed by atoms with Crippen LogP contribution < -0.4 is 0 Å². The van der Waals surface area contributed by atoms with E-state index in [-0.39, 0.29) is 19.8 Å². The van der Waals surface area contributed by atoms with Crippen LogP contribution in [0.3, 0.4) is 0 Å². The Morgan fingerprint density at radius 1 is 0.714 bits per heavy atom. The maximum absolute atomic E-state index is 11.0. The first-order chi connectivity index (χ1) is 13.5. The van der Waals surface area contributed by atoms with Gasteiger partial charge in [-0.1, -0.05) is 0 Å². The second-order valence-electron chi connectivity index (χ2n) is 7.01. The molecular formula is C21H39N3O4. The quantitative estimate of drug-likeness (QED) is 0.386. The first-order valence-electron chi connectivity index (χ1n) is 10.4. The molecule has 0 aromatic carbocycles. The molecule has 0 atom stereocenters. The van der Waals surface area contributed by atoms with E-state index in [4.69, 9.17) is 0 Å². The van der Waals surface area contributed by atoms with Crippen LogP contribution in [-0.4, -0.2) is 100 Å². The van der Waals surface area contributed by atoms with Crippen molar-refractivity contribution in [3.8, 4) is 0 Å². The van der Waals surface area contributed by atoms with Crippen LogP contribution in [0, 0.1) is 0 Å². The Morgan fingerprint density at radius 2 is 1.07 bits per heavy atom. The standard InChI is InChI=1S/C21H39N3O4/c1-4-22(7-10-25)15-18-13-19(16-23(5-2)8-11-26)21(28)20(14-18)17-24(6-3)9-12-27/h15-17,21,25-28H,4-14H2,1-3H3. The average molecular weight is 398 g/mol. The number of rotatable bonds is 12. The summed E-state index contributed by atoms with van der Waals surface area (Å²) in [6, 6.07) is 0. The lowest BCUT2D eigenvalue weighted by Crippen LogP contribution is -2.29. The molecule has 0 aromatic heterocycles. The van der Waals surface area contributed by atoms with Gasteiger partial charge in [0.05, 0.1) is 19.8 Å². The molecule has 1 rings (SSSR count). The summed E-state index contributed by atoms with van der Waals surface area (Å²) in [5.41, 5.74) is 2.98. The van der Waals surface area contributed by atoms with Gasteiger partial charge in [-0.2, -0.15) is 0 Å². The summed E-state index contributed by atoms with van der Waals surface area (Å²) in [6.07, 6.45) is 6.67. The van der Waals surface area contributed by atoms with Gasteiger partial charge in [0.15, 0.2) is 0 Å². The maximum Gasteiger partial charge on any atom is 0.100 e. The van der Waals surface area contributed by atoms with Gasteiger partial charge in [0, 0.05) is 51.7 Å². The Labute approximate surface area is 169 Å². The summed E-state index contributed by atoms with van der Waals surface area (Å²) in [7, 11) is 0. The van der Waals surface area contributed by atoms with Gasteiger partial charge < -0.3 is 35.1 Å². The zero-order valence-electron chi connectivity index (χ0n) is 17.7. The van der Waals surface area contributed by atoms with Gasteiger partial charge >= 0.3 is 0 Å². The van der Waals surface area contributed by atoms with Gasteiger partial charge in [-0.25, -0.2) is 0 Å². The van der Waals surface area contributed by atoms with Crippen molar-refractivity contribution in [1.29, 1.82) is 0 Å². The van der Waals surface area contributed by atoms with E-state index in [1.165, 1.54) is 5.57 Å². The van der Waals surface area contributed by atoms with Crippen molar-refractivity contribution >= 4 is 0 Å². The second-order valence-corrected chi connectivity index (χ2v) is 7.01. The van der Waals surface area contributed by atoms with E-state index in [1.54, 1.807) is 0 Å². The van der Waals surface area contributed by atoms with Crippen molar-refractivity contribution in [1.82, 2.24) is 14.7 Å². The third-order valence-electron chi connectivity index (χ3n) is 5.01. The third kappa shape index (κ3) is 7.83. The predicted molar refractivity (Wildman–Crippen MR) is 112 cm³/mol. The van der Waals surface area contributed by atoms with E-state index in [9.17, 15) is 20.4 Å². The van der Waals surface area contributed by atoms with Crippen LogP contribution in [0.5, 0.6) is 0 Å². The monoisotopic (exact) mass is 397 g/mol. The predicted octanol–water partition coefficient (Wildman–Crippen LogP) is 0.735. The van der Waals surface area contributed by atoms with E-state index in [1.807, 2.05) is 36.0 Å². The Morgan fingerprint density at radius 3 is 1.39 bits per heavy atom. The Hall–Kier alpha value is -1.54. The smallest absolute Gasteiger partial charge is 0.100 e. The highest BCUT2D eigenvalue weighted by Gasteiger charge is 2.26. The third-order valence-corrected chi connectivity index (χ3v) is 5.01. The van der Waals surface area contributed by atoms with Crippen LogP contribution in [0.15, 0.2) is 35.3 Å². The summed E-state index contributed by atoms with van der Waals surface area (Å²) < 4.78 is 0. The van der Waals surface area contributed by atoms with Crippen molar-refractivity contribution < 1.29 is 20.4 Å². The number of likely N-dealkylation sites (N-methyl/N-ethyl adjacent to an activating group) is 3. The highest BCUT2D eigenvalue weighted by atomic mass is 16.3. The van der Waals surface area contributed by atoms with Crippen molar-refractivity contribution in [3.05, 3.63) is 35.3 Å². The number of nitrogens with zero attached hydrogens (tertiary/aromatic N) is 3. The van der Waals surface area contributed by atoms with Crippen LogP contribution in [0.25, 0.3) is 0 Å². The number of hydrogen-bond acceptors (Lipinski definition) is 7. The fraction of sp³-hybridized carbons (Fsp3) is 0.714. The first-order valence-corrected chi connectivity index (χ1v) is 10.4. The Bertz CT molecular complexity index is 498. The molecule has 0 saturated heterocycles. The van der Waals surface area contributed by atoms with Crippen molar-refractivity contribution in [2.75, 3.05) is 59.1 Å². The molecule has 0 amide bonds. The summed E-state index contributed by atoms with van der Waals surface area (Å²) in [6.45, 7) is 10.3. The van der Waals surface area contributed by atoms with Crippen LogP contribution in [-0.2, 0) is 0 Å². The summed E-state index contributed by atoms with van der Waals surface area (Å²) in [4.78, 5) is 6.10. The maximum atomic E-state index is 11.0. The summed E-state index contributed by atoms with van der Waals surface area (Å²) >= 11 is 0. The molecule has 7 heteroatoms. The molecule has 7 nitrogen and oxygen atoms in total. The molecule has 0 radical (unpaired) electrons. The summed E-state index contributed by atoms with van der Waals surface area (Å²) in [5.74, 6) is 0. The highest BCUT2D eigenvalue weighted by molar-refractivity contribution is 5.36. The molecule has 0 unspecified atom stereocenters.